The highest BCUT2D eigenvalue weighted by Crippen LogP contribution is 2.32. The summed E-state index contributed by atoms with van der Waals surface area (Å²) in [6, 6.07) is 8.02. The molecule has 0 heterocycles. The van der Waals surface area contributed by atoms with Crippen molar-refractivity contribution >= 4 is 0 Å². The van der Waals surface area contributed by atoms with Gasteiger partial charge in [-0.05, 0) is 43.4 Å². The highest BCUT2D eigenvalue weighted by atomic mass is 16.3. The lowest BCUT2D eigenvalue weighted by molar-refractivity contribution is 0.473. The number of benzene rings is 1. The van der Waals surface area contributed by atoms with Gasteiger partial charge in [0, 0.05) is 12.6 Å². The molecule has 2 nitrogen and oxygen atoms in total. The summed E-state index contributed by atoms with van der Waals surface area (Å²) in [6.07, 6.45) is 2.76. The first-order valence-electron chi connectivity index (χ1n) is 5.27. The van der Waals surface area contributed by atoms with Crippen LogP contribution in [0.4, 0.5) is 0 Å². The number of hydrogen-bond donors (Lipinski definition) is 2. The molecule has 1 saturated carbocycles. The maximum atomic E-state index is 9.11. The predicted octanol–water partition coefficient (Wildman–Crippen LogP) is 2.28. The summed E-state index contributed by atoms with van der Waals surface area (Å²) in [5, 5.41) is 12.6. The minimum Gasteiger partial charge on any atom is -0.508 e. The molecule has 1 aromatic rings. The average molecular weight is 191 g/mol. The van der Waals surface area contributed by atoms with Crippen LogP contribution < -0.4 is 5.32 Å². The van der Waals surface area contributed by atoms with Crippen molar-refractivity contribution in [3.05, 3.63) is 29.8 Å². The number of aromatic hydroxyl groups is 1. The smallest absolute Gasteiger partial charge is 0.115 e. The van der Waals surface area contributed by atoms with Crippen molar-refractivity contribution in [2.24, 2.45) is 5.92 Å². The number of hydrogen-bond acceptors (Lipinski definition) is 2. The van der Waals surface area contributed by atoms with E-state index in [1.54, 1.807) is 12.1 Å². The molecule has 76 valence electrons. The van der Waals surface area contributed by atoms with Crippen molar-refractivity contribution in [2.75, 3.05) is 0 Å². The van der Waals surface area contributed by atoms with Crippen molar-refractivity contribution in [1.82, 2.24) is 5.32 Å². The van der Waals surface area contributed by atoms with Gasteiger partial charge in [0.25, 0.3) is 0 Å². The summed E-state index contributed by atoms with van der Waals surface area (Å²) in [5.41, 5.74) is 1.23. The number of phenols is 1. The molecule has 0 bridgehead atoms. The second-order valence-electron chi connectivity index (χ2n) is 4.17. The molecule has 0 aromatic heterocycles. The minimum atomic E-state index is 0.337. The zero-order valence-electron chi connectivity index (χ0n) is 8.53. The maximum Gasteiger partial charge on any atom is 0.115 e. The van der Waals surface area contributed by atoms with E-state index in [9.17, 15) is 0 Å². The Balaban J connectivity index is 1.82. The van der Waals surface area contributed by atoms with E-state index in [4.69, 9.17) is 5.11 Å². The molecule has 1 aromatic carbocycles. The van der Waals surface area contributed by atoms with Crippen LogP contribution in [0.1, 0.15) is 25.3 Å². The van der Waals surface area contributed by atoms with Gasteiger partial charge in [-0.3, -0.25) is 0 Å². The van der Waals surface area contributed by atoms with Crippen molar-refractivity contribution in [1.29, 1.82) is 0 Å². The fraction of sp³-hybridized carbons (Fsp3) is 0.500. The zero-order valence-corrected chi connectivity index (χ0v) is 8.53. The van der Waals surface area contributed by atoms with Gasteiger partial charge >= 0.3 is 0 Å². The van der Waals surface area contributed by atoms with Gasteiger partial charge in [-0.2, -0.15) is 0 Å². The van der Waals surface area contributed by atoms with Crippen LogP contribution in [-0.4, -0.2) is 11.1 Å². The molecule has 0 radical (unpaired) electrons. The lowest BCUT2D eigenvalue weighted by Gasteiger charge is -2.12. The quantitative estimate of drug-likeness (QED) is 0.765. The van der Waals surface area contributed by atoms with Crippen LogP contribution in [0, 0.1) is 5.92 Å². The first-order chi connectivity index (χ1) is 6.75. The topological polar surface area (TPSA) is 32.3 Å². The van der Waals surface area contributed by atoms with Crippen molar-refractivity contribution < 1.29 is 5.11 Å². The molecule has 1 aliphatic carbocycles. The Labute approximate surface area is 85.0 Å². The third kappa shape index (κ3) is 2.48. The maximum absolute atomic E-state index is 9.11. The van der Waals surface area contributed by atoms with E-state index in [0.717, 1.165) is 12.5 Å². The molecular formula is C12H17NO. The van der Waals surface area contributed by atoms with E-state index in [0.29, 0.717) is 11.8 Å². The first-order valence-corrected chi connectivity index (χ1v) is 5.27. The third-order valence-corrected chi connectivity index (χ3v) is 2.89. The summed E-state index contributed by atoms with van der Waals surface area (Å²) >= 11 is 0. The van der Waals surface area contributed by atoms with Gasteiger partial charge in [-0.15, -0.1) is 0 Å². The van der Waals surface area contributed by atoms with Crippen molar-refractivity contribution in [2.45, 2.75) is 32.4 Å². The van der Waals surface area contributed by atoms with E-state index in [1.807, 2.05) is 12.1 Å². The van der Waals surface area contributed by atoms with Crippen molar-refractivity contribution in [3.8, 4) is 5.75 Å². The molecule has 0 spiro atoms. The van der Waals surface area contributed by atoms with Crippen LogP contribution in [-0.2, 0) is 6.54 Å². The monoisotopic (exact) mass is 191 g/mol. The fourth-order valence-electron chi connectivity index (χ4n) is 1.66. The largest absolute Gasteiger partial charge is 0.508 e. The first kappa shape index (κ1) is 9.53. The van der Waals surface area contributed by atoms with Crippen LogP contribution in [0.5, 0.6) is 5.75 Å². The molecule has 2 heteroatoms. The van der Waals surface area contributed by atoms with Gasteiger partial charge in [0.05, 0.1) is 0 Å². The normalized spacial score (nSPS) is 18.1. The highest BCUT2D eigenvalue weighted by Gasteiger charge is 2.27. The molecule has 2 N–H and O–H groups in total. The number of rotatable bonds is 4. The second kappa shape index (κ2) is 4.01. The Morgan fingerprint density at radius 1 is 1.36 bits per heavy atom. The molecule has 1 fully saturated rings. The van der Waals surface area contributed by atoms with Crippen LogP contribution in [0.15, 0.2) is 24.3 Å². The molecule has 1 atom stereocenters. The third-order valence-electron chi connectivity index (χ3n) is 2.89. The minimum absolute atomic E-state index is 0.337. The van der Waals surface area contributed by atoms with Gasteiger partial charge in [-0.1, -0.05) is 12.1 Å². The Hall–Kier alpha value is -1.02. The van der Waals surface area contributed by atoms with Gasteiger partial charge in [-0.25, -0.2) is 0 Å². The second-order valence-corrected chi connectivity index (χ2v) is 4.17. The predicted molar refractivity (Wildman–Crippen MR) is 57.1 cm³/mol. The van der Waals surface area contributed by atoms with Crippen LogP contribution in [0.2, 0.25) is 0 Å². The van der Waals surface area contributed by atoms with Gasteiger partial charge in [0.2, 0.25) is 0 Å². The molecular weight excluding hydrogens is 174 g/mol. The zero-order chi connectivity index (χ0) is 9.97. The molecule has 2 rings (SSSR count). The number of nitrogens with one attached hydrogen (secondary N) is 1. The summed E-state index contributed by atoms with van der Waals surface area (Å²) < 4.78 is 0. The van der Waals surface area contributed by atoms with Crippen LogP contribution >= 0.6 is 0 Å². The van der Waals surface area contributed by atoms with Gasteiger partial charge in [0.15, 0.2) is 0 Å². The van der Waals surface area contributed by atoms with Crippen molar-refractivity contribution in [3.63, 3.8) is 0 Å². The van der Waals surface area contributed by atoms with Crippen LogP contribution in [0.25, 0.3) is 0 Å². The molecule has 1 aliphatic rings. The van der Waals surface area contributed by atoms with Gasteiger partial charge in [0.1, 0.15) is 5.75 Å². The van der Waals surface area contributed by atoms with E-state index in [1.165, 1.54) is 18.4 Å². The fourth-order valence-corrected chi connectivity index (χ4v) is 1.66. The van der Waals surface area contributed by atoms with Crippen LogP contribution in [0.3, 0.4) is 0 Å². The molecule has 0 unspecified atom stereocenters. The summed E-state index contributed by atoms with van der Waals surface area (Å²) in [5.74, 6) is 1.23. The Morgan fingerprint density at radius 3 is 2.57 bits per heavy atom. The Morgan fingerprint density at radius 2 is 2.00 bits per heavy atom. The highest BCUT2D eigenvalue weighted by molar-refractivity contribution is 5.25. The Bertz CT molecular complexity index is 290. The van der Waals surface area contributed by atoms with Gasteiger partial charge < -0.3 is 10.4 Å². The average Bonchev–Trinajstić information content (AvgIpc) is 3.00. The molecule has 14 heavy (non-hydrogen) atoms. The van der Waals surface area contributed by atoms with E-state index in [-0.39, 0.29) is 0 Å². The van der Waals surface area contributed by atoms with E-state index in [2.05, 4.69) is 12.2 Å². The Kier molecular flexibility index (Phi) is 2.73. The molecule has 0 aliphatic heterocycles. The lowest BCUT2D eigenvalue weighted by atomic mass is 10.2. The summed E-state index contributed by atoms with van der Waals surface area (Å²) in [7, 11) is 0. The summed E-state index contributed by atoms with van der Waals surface area (Å²) in [4.78, 5) is 0. The van der Waals surface area contributed by atoms with E-state index >= 15 is 0 Å². The molecule has 0 amide bonds. The van der Waals surface area contributed by atoms with E-state index < -0.39 is 0 Å². The lowest BCUT2D eigenvalue weighted by Crippen LogP contribution is -2.27. The molecule has 0 saturated heterocycles. The standard InChI is InChI=1S/C12H17NO/c1-9(11-4-5-11)13-8-10-2-6-12(14)7-3-10/h2-3,6-7,9,11,13-14H,4-5,8H2,1H3/t9-/m0/s1. The SMILES string of the molecule is C[C@H](NCc1ccc(O)cc1)C1CC1. The number of phenolic OH excluding ortho intramolecular Hbond substituents is 1. The summed E-state index contributed by atoms with van der Waals surface area (Å²) in [6.45, 7) is 3.15.